The summed E-state index contributed by atoms with van der Waals surface area (Å²) in [6.45, 7) is 11.1. The molecule has 0 saturated heterocycles. The average Bonchev–Trinajstić information content (AvgIpc) is 3.02. The smallest absolute Gasteiger partial charge is 0.226 e. The second-order valence-corrected chi connectivity index (χ2v) is 6.45. The zero-order valence-electron chi connectivity index (χ0n) is 13.3. The lowest BCUT2D eigenvalue weighted by Gasteiger charge is -2.36. The summed E-state index contributed by atoms with van der Waals surface area (Å²) in [7, 11) is 0. The highest BCUT2D eigenvalue weighted by Crippen LogP contribution is 2.40. The molecule has 0 bridgehead atoms. The van der Waals surface area contributed by atoms with Gasteiger partial charge in [0.15, 0.2) is 0 Å². The molecule has 3 unspecified atom stereocenters. The van der Waals surface area contributed by atoms with Crippen LogP contribution in [0.2, 0.25) is 0 Å². The van der Waals surface area contributed by atoms with Gasteiger partial charge >= 0.3 is 0 Å². The Kier molecular flexibility index (Phi) is 4.02. The van der Waals surface area contributed by atoms with Gasteiger partial charge in [-0.1, -0.05) is 20.8 Å². The summed E-state index contributed by atoms with van der Waals surface area (Å²) in [6, 6.07) is 2.33. The van der Waals surface area contributed by atoms with Crippen molar-refractivity contribution in [3.8, 4) is 0 Å². The average molecular weight is 290 g/mol. The second-order valence-electron chi connectivity index (χ2n) is 6.45. The third-order valence-electron chi connectivity index (χ3n) is 4.98. The largest absolute Gasteiger partial charge is 0.334 e. The van der Waals surface area contributed by atoms with Gasteiger partial charge in [0.05, 0.1) is 18.3 Å². The lowest BCUT2D eigenvalue weighted by molar-refractivity contribution is -0.135. The Hall–Kier alpha value is -1.36. The number of amides is 1. The zero-order chi connectivity index (χ0) is 15.0. The van der Waals surface area contributed by atoms with Gasteiger partial charge in [0.2, 0.25) is 5.91 Å². The van der Waals surface area contributed by atoms with E-state index < -0.39 is 0 Å². The summed E-state index contributed by atoms with van der Waals surface area (Å²) < 4.78 is 2.12. The van der Waals surface area contributed by atoms with E-state index in [1.165, 1.54) is 5.69 Å². The van der Waals surface area contributed by atoms with Gasteiger partial charge in [0.1, 0.15) is 0 Å². The van der Waals surface area contributed by atoms with E-state index in [0.29, 0.717) is 11.8 Å². The Labute approximate surface area is 126 Å². The number of aromatic nitrogens is 2. The van der Waals surface area contributed by atoms with Crippen LogP contribution in [0.25, 0.3) is 0 Å². The molecular formula is C16H26N4O. The van der Waals surface area contributed by atoms with E-state index in [1.807, 2.05) is 12.3 Å². The summed E-state index contributed by atoms with van der Waals surface area (Å²) in [5.74, 6) is 1.19. The van der Waals surface area contributed by atoms with Gasteiger partial charge in [-0.25, -0.2) is 0 Å². The molecule has 1 aliphatic heterocycles. The van der Waals surface area contributed by atoms with Crippen molar-refractivity contribution < 1.29 is 4.79 Å². The first-order chi connectivity index (χ1) is 10.1. The number of carbonyl (C=O) groups excluding carboxylic acids is 1. The summed E-state index contributed by atoms with van der Waals surface area (Å²) in [6.07, 6.45) is 2.92. The minimum Gasteiger partial charge on any atom is -0.334 e. The number of nitrogens with zero attached hydrogens (tertiary/aromatic N) is 4. The van der Waals surface area contributed by atoms with Crippen LogP contribution in [-0.4, -0.2) is 51.7 Å². The van der Waals surface area contributed by atoms with Crippen molar-refractivity contribution >= 4 is 5.91 Å². The predicted octanol–water partition coefficient (Wildman–Crippen LogP) is 1.76. The van der Waals surface area contributed by atoms with Gasteiger partial charge in [0, 0.05) is 25.2 Å². The van der Waals surface area contributed by atoms with Crippen LogP contribution in [0.15, 0.2) is 12.3 Å². The monoisotopic (exact) mass is 290 g/mol. The van der Waals surface area contributed by atoms with Gasteiger partial charge in [-0.3, -0.25) is 9.48 Å². The molecule has 1 amide bonds. The molecule has 0 spiro atoms. The van der Waals surface area contributed by atoms with Crippen LogP contribution < -0.4 is 0 Å². The van der Waals surface area contributed by atoms with Crippen molar-refractivity contribution in [3.05, 3.63) is 18.0 Å². The van der Waals surface area contributed by atoms with Crippen LogP contribution in [0.5, 0.6) is 0 Å². The number of hydrogen-bond donors (Lipinski definition) is 0. The number of carbonyl (C=O) groups is 1. The zero-order valence-corrected chi connectivity index (χ0v) is 13.3. The van der Waals surface area contributed by atoms with Gasteiger partial charge < -0.3 is 9.80 Å². The Morgan fingerprint density at radius 3 is 2.76 bits per heavy atom. The standard InChI is InChI=1S/C16H26N4O/c1-4-18(5-2)9-14-11-19(16(21)15-8-12(15)3)10-13-6-7-17-20(13)14/h6-7,12,14-15H,4-5,8-11H2,1-3H3. The molecule has 1 aromatic rings. The van der Waals surface area contributed by atoms with Crippen LogP contribution in [0.1, 0.15) is 38.9 Å². The maximum Gasteiger partial charge on any atom is 0.226 e. The molecule has 116 valence electrons. The van der Waals surface area contributed by atoms with E-state index in [2.05, 4.69) is 40.4 Å². The normalized spacial score (nSPS) is 27.8. The SMILES string of the molecule is CCN(CC)CC1CN(C(=O)C2CC2C)Cc2ccnn21. The molecule has 1 aromatic heterocycles. The molecule has 2 aliphatic rings. The van der Waals surface area contributed by atoms with Crippen molar-refractivity contribution in [2.45, 2.75) is 39.8 Å². The maximum absolute atomic E-state index is 12.6. The Balaban J connectivity index is 1.75. The predicted molar refractivity (Wildman–Crippen MR) is 81.7 cm³/mol. The van der Waals surface area contributed by atoms with Gasteiger partial charge in [-0.05, 0) is 31.5 Å². The second kappa shape index (κ2) is 5.79. The Morgan fingerprint density at radius 2 is 2.14 bits per heavy atom. The van der Waals surface area contributed by atoms with Crippen molar-refractivity contribution in [1.82, 2.24) is 19.6 Å². The fourth-order valence-electron chi connectivity index (χ4n) is 3.37. The maximum atomic E-state index is 12.6. The first-order valence-corrected chi connectivity index (χ1v) is 8.17. The highest BCUT2D eigenvalue weighted by Gasteiger charge is 2.43. The Morgan fingerprint density at radius 1 is 1.43 bits per heavy atom. The fourth-order valence-corrected chi connectivity index (χ4v) is 3.37. The molecule has 0 radical (unpaired) electrons. The van der Waals surface area contributed by atoms with Gasteiger partial charge in [-0.15, -0.1) is 0 Å². The number of likely N-dealkylation sites (N-methyl/N-ethyl adjacent to an activating group) is 1. The fraction of sp³-hybridized carbons (Fsp3) is 0.750. The third-order valence-corrected chi connectivity index (χ3v) is 4.98. The molecule has 3 atom stereocenters. The molecule has 0 N–H and O–H groups in total. The quantitative estimate of drug-likeness (QED) is 0.830. The molecule has 5 nitrogen and oxygen atoms in total. The highest BCUT2D eigenvalue weighted by molar-refractivity contribution is 5.81. The van der Waals surface area contributed by atoms with E-state index in [-0.39, 0.29) is 12.0 Å². The number of hydrogen-bond acceptors (Lipinski definition) is 3. The first kappa shape index (κ1) is 14.6. The summed E-state index contributed by atoms with van der Waals surface area (Å²) in [4.78, 5) is 17.0. The van der Waals surface area contributed by atoms with Gasteiger partial charge in [0.25, 0.3) is 0 Å². The highest BCUT2D eigenvalue weighted by atomic mass is 16.2. The van der Waals surface area contributed by atoms with E-state index in [9.17, 15) is 4.79 Å². The molecular weight excluding hydrogens is 264 g/mol. The molecule has 5 heteroatoms. The number of fused-ring (bicyclic) bond motifs is 1. The summed E-state index contributed by atoms with van der Waals surface area (Å²) in [5, 5.41) is 4.48. The van der Waals surface area contributed by atoms with Crippen molar-refractivity contribution in [2.24, 2.45) is 11.8 Å². The van der Waals surface area contributed by atoms with Crippen molar-refractivity contribution in [2.75, 3.05) is 26.2 Å². The van der Waals surface area contributed by atoms with Crippen molar-refractivity contribution in [1.29, 1.82) is 0 Å². The van der Waals surface area contributed by atoms with E-state index in [0.717, 1.165) is 39.1 Å². The summed E-state index contributed by atoms with van der Waals surface area (Å²) in [5.41, 5.74) is 1.17. The first-order valence-electron chi connectivity index (χ1n) is 8.17. The van der Waals surface area contributed by atoms with Crippen LogP contribution in [0.3, 0.4) is 0 Å². The van der Waals surface area contributed by atoms with Crippen LogP contribution in [-0.2, 0) is 11.3 Å². The van der Waals surface area contributed by atoms with E-state index >= 15 is 0 Å². The van der Waals surface area contributed by atoms with E-state index in [4.69, 9.17) is 0 Å². The van der Waals surface area contributed by atoms with Crippen LogP contribution >= 0.6 is 0 Å². The Bertz CT molecular complexity index is 508. The van der Waals surface area contributed by atoms with Crippen molar-refractivity contribution in [3.63, 3.8) is 0 Å². The molecule has 0 aromatic carbocycles. The molecule has 1 aliphatic carbocycles. The number of rotatable bonds is 5. The van der Waals surface area contributed by atoms with E-state index in [1.54, 1.807) is 0 Å². The molecule has 1 saturated carbocycles. The molecule has 2 heterocycles. The minimum atomic E-state index is 0.272. The minimum absolute atomic E-state index is 0.272. The summed E-state index contributed by atoms with van der Waals surface area (Å²) >= 11 is 0. The topological polar surface area (TPSA) is 41.4 Å². The lowest BCUT2D eigenvalue weighted by Crippen LogP contribution is -2.45. The molecule has 3 rings (SSSR count). The third kappa shape index (κ3) is 2.84. The molecule has 21 heavy (non-hydrogen) atoms. The van der Waals surface area contributed by atoms with Crippen LogP contribution in [0.4, 0.5) is 0 Å². The van der Waals surface area contributed by atoms with Crippen LogP contribution in [0, 0.1) is 11.8 Å². The van der Waals surface area contributed by atoms with Gasteiger partial charge in [-0.2, -0.15) is 5.10 Å². The lowest BCUT2D eigenvalue weighted by atomic mass is 10.1. The molecule has 1 fully saturated rings.